The van der Waals surface area contributed by atoms with Gasteiger partial charge in [0.2, 0.25) is 0 Å². The maximum Gasteiger partial charge on any atom is 0.122 e. The lowest BCUT2D eigenvalue weighted by molar-refractivity contribution is 0.356. The van der Waals surface area contributed by atoms with E-state index in [1.165, 1.54) is 16.7 Å². The molecule has 0 saturated heterocycles. The second-order valence-electron chi connectivity index (χ2n) is 5.60. The van der Waals surface area contributed by atoms with Crippen LogP contribution >= 0.6 is 15.9 Å². The van der Waals surface area contributed by atoms with Crippen LogP contribution in [0.3, 0.4) is 0 Å². The Kier molecular flexibility index (Phi) is 4.32. The summed E-state index contributed by atoms with van der Waals surface area (Å²) in [6.07, 6.45) is 1.02. The Morgan fingerprint density at radius 2 is 1.90 bits per heavy atom. The predicted octanol–water partition coefficient (Wildman–Crippen LogP) is 4.80. The molecule has 1 N–H and O–H groups in total. The van der Waals surface area contributed by atoms with Crippen molar-refractivity contribution in [2.45, 2.75) is 32.4 Å². The summed E-state index contributed by atoms with van der Waals surface area (Å²) >= 11 is 3.63. The van der Waals surface area contributed by atoms with E-state index in [1.54, 1.807) is 0 Å². The molecule has 0 radical (unpaired) electrons. The van der Waals surface area contributed by atoms with Crippen LogP contribution in [0.1, 0.15) is 42.6 Å². The quantitative estimate of drug-likeness (QED) is 0.859. The van der Waals surface area contributed by atoms with Gasteiger partial charge in [-0.05, 0) is 42.7 Å². The summed E-state index contributed by atoms with van der Waals surface area (Å²) in [4.78, 5) is 0. The van der Waals surface area contributed by atoms with Gasteiger partial charge in [-0.25, -0.2) is 0 Å². The summed E-state index contributed by atoms with van der Waals surface area (Å²) in [6, 6.07) is 15.5. The average molecular weight is 346 g/mol. The molecule has 3 heteroatoms. The van der Waals surface area contributed by atoms with E-state index in [-0.39, 0.29) is 0 Å². The highest BCUT2D eigenvalue weighted by atomic mass is 79.9. The number of fused-ring (bicyclic) bond motifs is 1. The van der Waals surface area contributed by atoms with Gasteiger partial charge in [0.15, 0.2) is 0 Å². The largest absolute Gasteiger partial charge is 0.493 e. The fourth-order valence-electron chi connectivity index (χ4n) is 2.86. The van der Waals surface area contributed by atoms with E-state index in [0.29, 0.717) is 12.1 Å². The molecule has 3 rings (SSSR count). The van der Waals surface area contributed by atoms with Gasteiger partial charge in [0.05, 0.1) is 6.61 Å². The Hall–Kier alpha value is -1.32. The number of hydrogen-bond donors (Lipinski definition) is 1. The van der Waals surface area contributed by atoms with E-state index in [9.17, 15) is 0 Å². The third kappa shape index (κ3) is 3.14. The summed E-state index contributed by atoms with van der Waals surface area (Å²) in [5, 5.41) is 3.67. The van der Waals surface area contributed by atoms with Gasteiger partial charge in [0, 0.05) is 23.0 Å². The molecule has 110 valence electrons. The first kappa shape index (κ1) is 14.6. The predicted molar refractivity (Wildman–Crippen MR) is 89.7 cm³/mol. The van der Waals surface area contributed by atoms with Crippen LogP contribution in [0.2, 0.25) is 0 Å². The first-order chi connectivity index (χ1) is 10.1. The Bertz CT molecular complexity index is 641. The van der Waals surface area contributed by atoms with Crippen molar-refractivity contribution in [3.63, 3.8) is 0 Å². The van der Waals surface area contributed by atoms with Gasteiger partial charge < -0.3 is 10.1 Å². The van der Waals surface area contributed by atoms with Crippen LogP contribution in [0.25, 0.3) is 0 Å². The molecule has 1 aliphatic rings. The van der Waals surface area contributed by atoms with Crippen LogP contribution in [0, 0.1) is 0 Å². The molecule has 1 aliphatic heterocycles. The highest BCUT2D eigenvalue weighted by molar-refractivity contribution is 9.10. The summed E-state index contributed by atoms with van der Waals surface area (Å²) in [5.41, 5.74) is 3.93. The average Bonchev–Trinajstić information content (AvgIpc) is 2.94. The highest BCUT2D eigenvalue weighted by Gasteiger charge is 2.17. The monoisotopic (exact) mass is 345 g/mol. The molecule has 0 fully saturated rings. The van der Waals surface area contributed by atoms with Gasteiger partial charge in [-0.15, -0.1) is 0 Å². The van der Waals surface area contributed by atoms with Gasteiger partial charge in [-0.2, -0.15) is 0 Å². The Morgan fingerprint density at radius 3 is 2.71 bits per heavy atom. The van der Waals surface area contributed by atoms with Crippen molar-refractivity contribution < 1.29 is 4.74 Å². The first-order valence-electron chi connectivity index (χ1n) is 7.41. The van der Waals surface area contributed by atoms with E-state index >= 15 is 0 Å². The van der Waals surface area contributed by atoms with Gasteiger partial charge in [0.25, 0.3) is 0 Å². The van der Waals surface area contributed by atoms with Crippen LogP contribution in [-0.4, -0.2) is 6.61 Å². The summed E-state index contributed by atoms with van der Waals surface area (Å²) in [6.45, 7) is 5.23. The van der Waals surface area contributed by atoms with Crippen LogP contribution in [0.5, 0.6) is 5.75 Å². The van der Waals surface area contributed by atoms with Gasteiger partial charge in [0.1, 0.15) is 5.75 Å². The number of halogens is 1. The zero-order chi connectivity index (χ0) is 14.8. The van der Waals surface area contributed by atoms with Crippen molar-refractivity contribution in [3.05, 3.63) is 63.6 Å². The highest BCUT2D eigenvalue weighted by Crippen LogP contribution is 2.30. The maximum absolute atomic E-state index is 5.57. The molecule has 1 heterocycles. The second-order valence-corrected chi connectivity index (χ2v) is 6.45. The minimum absolute atomic E-state index is 0.292. The van der Waals surface area contributed by atoms with Crippen molar-refractivity contribution in [2.75, 3.05) is 6.61 Å². The van der Waals surface area contributed by atoms with Gasteiger partial charge in [-0.1, -0.05) is 46.3 Å². The number of ether oxygens (including phenoxy) is 1. The van der Waals surface area contributed by atoms with E-state index in [0.717, 1.165) is 23.2 Å². The van der Waals surface area contributed by atoms with Crippen LogP contribution < -0.4 is 10.1 Å². The fourth-order valence-corrected chi connectivity index (χ4v) is 3.49. The Labute approximate surface area is 134 Å². The Morgan fingerprint density at radius 1 is 1.10 bits per heavy atom. The molecule has 0 saturated carbocycles. The molecule has 2 nitrogen and oxygen atoms in total. The second kappa shape index (κ2) is 6.20. The molecule has 21 heavy (non-hydrogen) atoms. The van der Waals surface area contributed by atoms with E-state index in [1.807, 2.05) is 6.07 Å². The molecule has 0 amide bonds. The fraction of sp³-hybridized carbons (Fsp3) is 0.333. The number of benzene rings is 2. The molecule has 2 aromatic carbocycles. The molecule has 0 spiro atoms. The minimum atomic E-state index is 0.292. The summed E-state index contributed by atoms with van der Waals surface area (Å²) < 4.78 is 6.73. The lowest BCUT2D eigenvalue weighted by Gasteiger charge is -2.22. The van der Waals surface area contributed by atoms with Gasteiger partial charge in [-0.3, -0.25) is 0 Å². The summed E-state index contributed by atoms with van der Waals surface area (Å²) in [5.74, 6) is 1.05. The van der Waals surface area contributed by atoms with Crippen molar-refractivity contribution in [2.24, 2.45) is 0 Å². The van der Waals surface area contributed by atoms with E-state index in [4.69, 9.17) is 4.74 Å². The third-order valence-electron chi connectivity index (χ3n) is 4.09. The number of rotatable bonds is 4. The standard InChI is InChI=1S/C18H20BrNO/c1-12(14-7-8-18-15(11-14)9-10-21-18)20-13(2)16-5-3-4-6-17(16)19/h3-8,11-13,20H,9-10H2,1-2H3/t12?,13-/m0/s1. The topological polar surface area (TPSA) is 21.3 Å². The molecular formula is C18H20BrNO. The molecule has 2 atom stereocenters. The number of hydrogen-bond acceptors (Lipinski definition) is 2. The van der Waals surface area contributed by atoms with Gasteiger partial charge >= 0.3 is 0 Å². The molecular weight excluding hydrogens is 326 g/mol. The van der Waals surface area contributed by atoms with Crippen molar-refractivity contribution >= 4 is 15.9 Å². The molecule has 0 aromatic heterocycles. The van der Waals surface area contributed by atoms with Crippen molar-refractivity contribution in [1.29, 1.82) is 0 Å². The first-order valence-corrected chi connectivity index (χ1v) is 8.20. The van der Waals surface area contributed by atoms with Crippen LogP contribution in [0.4, 0.5) is 0 Å². The van der Waals surface area contributed by atoms with E-state index in [2.05, 4.69) is 71.5 Å². The molecule has 1 unspecified atom stereocenters. The number of nitrogens with one attached hydrogen (secondary N) is 1. The minimum Gasteiger partial charge on any atom is -0.493 e. The van der Waals surface area contributed by atoms with Crippen molar-refractivity contribution in [1.82, 2.24) is 5.32 Å². The molecule has 0 aliphatic carbocycles. The third-order valence-corrected chi connectivity index (χ3v) is 4.81. The molecule has 2 aromatic rings. The maximum atomic E-state index is 5.57. The molecule has 0 bridgehead atoms. The smallest absolute Gasteiger partial charge is 0.122 e. The van der Waals surface area contributed by atoms with Crippen molar-refractivity contribution in [3.8, 4) is 5.75 Å². The zero-order valence-electron chi connectivity index (χ0n) is 12.4. The van der Waals surface area contributed by atoms with Crippen LogP contribution in [0.15, 0.2) is 46.9 Å². The summed E-state index contributed by atoms with van der Waals surface area (Å²) in [7, 11) is 0. The lowest BCUT2D eigenvalue weighted by atomic mass is 10.0. The normalized spacial score (nSPS) is 16.1. The lowest BCUT2D eigenvalue weighted by Crippen LogP contribution is -2.22. The van der Waals surface area contributed by atoms with E-state index < -0.39 is 0 Å². The zero-order valence-corrected chi connectivity index (χ0v) is 14.0. The van der Waals surface area contributed by atoms with Crippen LogP contribution in [-0.2, 0) is 6.42 Å². The Balaban J connectivity index is 1.74. The SMILES string of the molecule is CC(N[C@@H](C)c1ccccc1Br)c1ccc2c(c1)CCO2.